The van der Waals surface area contributed by atoms with Gasteiger partial charge in [0.15, 0.2) is 0 Å². The van der Waals surface area contributed by atoms with Crippen molar-refractivity contribution in [3.05, 3.63) is 36.4 Å². The van der Waals surface area contributed by atoms with Gasteiger partial charge >= 0.3 is 0 Å². The fraction of sp³-hybridized carbons (Fsp3) is 0.500. The third kappa shape index (κ3) is 3.96. The van der Waals surface area contributed by atoms with Gasteiger partial charge in [0, 0.05) is 53.0 Å². The molecule has 0 saturated carbocycles. The number of carbonyl (C=O) groups excluding carboxylic acids is 1. The Morgan fingerprint density at radius 1 is 1.42 bits per heavy atom. The van der Waals surface area contributed by atoms with Crippen LogP contribution in [0.2, 0.25) is 0 Å². The van der Waals surface area contributed by atoms with Gasteiger partial charge in [0.25, 0.3) is 5.91 Å². The molecule has 1 aliphatic heterocycles. The molecule has 0 aromatic carbocycles. The van der Waals surface area contributed by atoms with E-state index in [2.05, 4.69) is 15.3 Å². The van der Waals surface area contributed by atoms with Gasteiger partial charge in [-0.15, -0.1) is 0 Å². The van der Waals surface area contributed by atoms with Crippen molar-refractivity contribution < 1.29 is 9.90 Å². The van der Waals surface area contributed by atoms with E-state index >= 15 is 0 Å². The van der Waals surface area contributed by atoms with Gasteiger partial charge in [-0.3, -0.25) is 4.79 Å². The molecule has 1 amide bonds. The molecule has 8 nitrogen and oxygen atoms in total. The maximum atomic E-state index is 12.3. The van der Waals surface area contributed by atoms with Crippen molar-refractivity contribution in [3.63, 3.8) is 0 Å². The number of amides is 1. The summed E-state index contributed by atoms with van der Waals surface area (Å²) in [5, 5.41) is 13.8. The van der Waals surface area contributed by atoms with Crippen molar-refractivity contribution in [1.82, 2.24) is 19.9 Å². The number of hydrogen-bond donors (Lipinski definition) is 2. The van der Waals surface area contributed by atoms with Crippen LogP contribution in [0.25, 0.3) is 0 Å². The van der Waals surface area contributed by atoms with Crippen LogP contribution in [-0.4, -0.2) is 64.9 Å². The predicted octanol–water partition coefficient (Wildman–Crippen LogP) is 0.642. The van der Waals surface area contributed by atoms with Gasteiger partial charge in [0.1, 0.15) is 23.7 Å². The smallest absolute Gasteiger partial charge is 0.267 e. The van der Waals surface area contributed by atoms with E-state index in [4.69, 9.17) is 0 Å². The fourth-order valence-corrected chi connectivity index (χ4v) is 3.24. The average molecular weight is 358 g/mol. The number of hydrogen-bond acceptors (Lipinski definition) is 6. The molecule has 1 unspecified atom stereocenters. The Morgan fingerprint density at radius 3 is 2.92 bits per heavy atom. The van der Waals surface area contributed by atoms with Crippen LogP contribution in [0.3, 0.4) is 0 Å². The number of piperidine rings is 1. The Bertz CT molecular complexity index is 775. The summed E-state index contributed by atoms with van der Waals surface area (Å²) in [6.07, 6.45) is 4.83. The number of nitrogens with zero attached hydrogens (tertiary/aromatic N) is 5. The zero-order valence-corrected chi connectivity index (χ0v) is 15.5. The first-order chi connectivity index (χ1) is 12.4. The first kappa shape index (κ1) is 18.2. The van der Waals surface area contributed by atoms with Crippen LogP contribution in [0.5, 0.6) is 0 Å². The maximum Gasteiger partial charge on any atom is 0.267 e. The van der Waals surface area contributed by atoms with E-state index in [1.165, 1.54) is 6.33 Å². The van der Waals surface area contributed by atoms with E-state index in [-0.39, 0.29) is 12.5 Å². The van der Waals surface area contributed by atoms with E-state index in [1.807, 2.05) is 49.3 Å². The molecule has 2 aromatic rings. The molecule has 0 aliphatic carbocycles. The number of rotatable bonds is 5. The van der Waals surface area contributed by atoms with Crippen LogP contribution < -0.4 is 15.1 Å². The van der Waals surface area contributed by atoms with E-state index in [1.54, 1.807) is 10.6 Å². The molecule has 3 rings (SSSR count). The second-order valence-corrected chi connectivity index (χ2v) is 7.07. The molecule has 0 bridgehead atoms. The third-order valence-electron chi connectivity index (χ3n) is 4.73. The highest BCUT2D eigenvalue weighted by Gasteiger charge is 2.34. The molecule has 140 valence electrons. The predicted molar refractivity (Wildman–Crippen MR) is 101 cm³/mol. The van der Waals surface area contributed by atoms with Crippen molar-refractivity contribution in [2.45, 2.75) is 18.4 Å². The quantitative estimate of drug-likeness (QED) is 0.816. The Balaban J connectivity index is 1.66. The van der Waals surface area contributed by atoms with Crippen LogP contribution in [0.1, 0.15) is 23.3 Å². The van der Waals surface area contributed by atoms with Gasteiger partial charge in [0.2, 0.25) is 0 Å². The first-order valence-electron chi connectivity index (χ1n) is 8.74. The van der Waals surface area contributed by atoms with E-state index in [9.17, 15) is 9.90 Å². The standard InChI is InChI=1S/C18H26N6O2/c1-22(2)15-10-16(21-13-20-15)24-9-5-7-18(26,12-24)11-19-17(25)14-6-4-8-23(14)3/h4,6,8,10,13,26H,5,7,9,11-12H2,1-3H3,(H,19,25). The van der Waals surface area contributed by atoms with Gasteiger partial charge < -0.3 is 24.8 Å². The summed E-state index contributed by atoms with van der Waals surface area (Å²) in [6.45, 7) is 1.45. The lowest BCUT2D eigenvalue weighted by Gasteiger charge is -2.40. The number of aliphatic hydroxyl groups is 1. The van der Waals surface area contributed by atoms with Gasteiger partial charge in [-0.1, -0.05) is 0 Å². The number of β-amino-alcohol motifs (C(OH)–C–C–N with tert-alkyl or cyclic N) is 1. The summed E-state index contributed by atoms with van der Waals surface area (Å²) in [5.74, 6) is 1.43. The van der Waals surface area contributed by atoms with Crippen molar-refractivity contribution in [1.29, 1.82) is 0 Å². The largest absolute Gasteiger partial charge is 0.386 e. The van der Waals surface area contributed by atoms with Gasteiger partial charge in [-0.25, -0.2) is 9.97 Å². The number of anilines is 2. The zero-order valence-electron chi connectivity index (χ0n) is 15.5. The summed E-state index contributed by atoms with van der Waals surface area (Å²) in [5.41, 5.74) is -0.407. The fourth-order valence-electron chi connectivity index (χ4n) is 3.24. The van der Waals surface area contributed by atoms with E-state index in [0.29, 0.717) is 18.7 Å². The van der Waals surface area contributed by atoms with Gasteiger partial charge in [-0.2, -0.15) is 0 Å². The second kappa shape index (κ2) is 7.33. The minimum Gasteiger partial charge on any atom is -0.386 e. The lowest BCUT2D eigenvalue weighted by Crippen LogP contribution is -2.54. The molecular weight excluding hydrogens is 332 g/mol. The monoisotopic (exact) mass is 358 g/mol. The van der Waals surface area contributed by atoms with Gasteiger partial charge in [-0.05, 0) is 25.0 Å². The SMILES string of the molecule is CN(C)c1cc(N2CCCC(O)(CNC(=O)c3cccn3C)C2)ncn1. The first-order valence-corrected chi connectivity index (χ1v) is 8.74. The number of aromatic nitrogens is 3. The van der Waals surface area contributed by atoms with E-state index < -0.39 is 5.60 Å². The van der Waals surface area contributed by atoms with Crippen LogP contribution in [0.15, 0.2) is 30.7 Å². The van der Waals surface area contributed by atoms with Crippen LogP contribution in [-0.2, 0) is 7.05 Å². The lowest BCUT2D eigenvalue weighted by molar-refractivity contribution is 0.0253. The van der Waals surface area contributed by atoms with E-state index in [0.717, 1.165) is 24.6 Å². The Hall–Kier alpha value is -2.61. The summed E-state index contributed by atoms with van der Waals surface area (Å²) >= 11 is 0. The summed E-state index contributed by atoms with van der Waals surface area (Å²) in [4.78, 5) is 24.8. The van der Waals surface area contributed by atoms with Crippen molar-refractivity contribution in [2.24, 2.45) is 7.05 Å². The maximum absolute atomic E-state index is 12.3. The molecule has 2 aromatic heterocycles. The van der Waals surface area contributed by atoms with Crippen LogP contribution in [0.4, 0.5) is 11.6 Å². The minimum absolute atomic E-state index is 0.181. The topological polar surface area (TPSA) is 86.5 Å². The van der Waals surface area contributed by atoms with Crippen molar-refractivity contribution in [2.75, 3.05) is 43.5 Å². The summed E-state index contributed by atoms with van der Waals surface area (Å²) in [7, 11) is 5.68. The summed E-state index contributed by atoms with van der Waals surface area (Å²) in [6, 6.07) is 5.49. The minimum atomic E-state index is -0.984. The molecule has 1 atom stereocenters. The molecule has 2 N–H and O–H groups in total. The molecule has 1 fully saturated rings. The molecule has 0 spiro atoms. The molecule has 26 heavy (non-hydrogen) atoms. The summed E-state index contributed by atoms with van der Waals surface area (Å²) < 4.78 is 1.76. The number of nitrogens with one attached hydrogen (secondary N) is 1. The van der Waals surface area contributed by atoms with Crippen molar-refractivity contribution >= 4 is 17.5 Å². The second-order valence-electron chi connectivity index (χ2n) is 7.07. The highest BCUT2D eigenvalue weighted by molar-refractivity contribution is 5.92. The Kier molecular flexibility index (Phi) is 5.13. The number of aryl methyl sites for hydroxylation is 1. The average Bonchev–Trinajstić information content (AvgIpc) is 3.06. The van der Waals surface area contributed by atoms with Crippen LogP contribution in [0, 0.1) is 0 Å². The van der Waals surface area contributed by atoms with Gasteiger partial charge in [0.05, 0.1) is 5.60 Å². The van der Waals surface area contributed by atoms with Crippen LogP contribution >= 0.6 is 0 Å². The Labute approximate surface area is 153 Å². The highest BCUT2D eigenvalue weighted by atomic mass is 16.3. The number of carbonyl (C=O) groups is 1. The third-order valence-corrected chi connectivity index (χ3v) is 4.73. The molecule has 1 aliphatic rings. The molecule has 8 heteroatoms. The van der Waals surface area contributed by atoms with Crippen molar-refractivity contribution in [3.8, 4) is 0 Å². The normalized spacial score (nSPS) is 20.1. The lowest BCUT2D eigenvalue weighted by atomic mass is 9.92. The molecular formula is C18H26N6O2. The Morgan fingerprint density at radius 2 is 2.23 bits per heavy atom. The molecule has 0 radical (unpaired) electrons. The molecule has 3 heterocycles. The highest BCUT2D eigenvalue weighted by Crippen LogP contribution is 2.25. The zero-order chi connectivity index (χ0) is 18.7. The molecule has 1 saturated heterocycles.